The van der Waals surface area contributed by atoms with Crippen LogP contribution in [0.4, 0.5) is 0 Å². The molecule has 96 heavy (non-hydrogen) atoms. The van der Waals surface area contributed by atoms with E-state index < -0.39 is 26.5 Å². The topological polar surface area (TPSA) is 111 Å². The van der Waals surface area contributed by atoms with Gasteiger partial charge in [-0.3, -0.25) is 14.2 Å². The quantitative estimate of drug-likeness (QED) is 0.0195. The first kappa shape index (κ1) is 92.9. The Hall–Kier alpha value is -3.07. The zero-order valence-corrected chi connectivity index (χ0v) is 64.7. The van der Waals surface area contributed by atoms with Gasteiger partial charge in [0.15, 0.2) is 6.10 Å². The molecule has 10 heteroatoms. The molecule has 0 N–H and O–H groups in total. The highest BCUT2D eigenvalue weighted by atomic mass is 31.2. The molecule has 0 spiro atoms. The van der Waals surface area contributed by atoms with Gasteiger partial charge >= 0.3 is 11.9 Å². The highest BCUT2D eigenvalue weighted by molar-refractivity contribution is 7.45. The number of quaternary nitrogens is 1. The van der Waals surface area contributed by atoms with E-state index in [4.69, 9.17) is 18.5 Å². The van der Waals surface area contributed by atoms with Crippen molar-refractivity contribution in [2.75, 3.05) is 47.5 Å². The lowest BCUT2D eigenvalue weighted by Gasteiger charge is -2.28. The van der Waals surface area contributed by atoms with Crippen LogP contribution in [0.5, 0.6) is 0 Å². The Balaban J connectivity index is 3.90. The molecule has 0 fully saturated rings. The summed E-state index contributed by atoms with van der Waals surface area (Å²) in [6, 6.07) is 0. The molecular weight excluding hydrogens is 1210 g/mol. The van der Waals surface area contributed by atoms with Crippen LogP contribution in [0, 0.1) is 0 Å². The number of ether oxygens (including phenoxy) is 2. The SMILES string of the molecule is CC/C=C\C/C=C\C/C=C\C/C=C\CCCCCCCCCCCCCCCCCCCCCCCCCCC(=O)OC(COC(=O)CCCCCCCCCCCCCCCCCCCCCCCC/C=C\C/C=C\C/C=C\C/C=C\CC)COP(=O)([O-])OCC[N+](C)(C)C. The normalized spacial score (nSPS) is 13.5. The van der Waals surface area contributed by atoms with E-state index in [9.17, 15) is 19.0 Å². The molecule has 0 bridgehead atoms. The lowest BCUT2D eigenvalue weighted by atomic mass is 10.0. The molecule has 9 nitrogen and oxygen atoms in total. The number of carbonyl (C=O) groups is 2. The molecule has 0 saturated carbocycles. The molecule has 2 unspecified atom stereocenters. The molecule has 0 aromatic rings. The number of hydrogen-bond donors (Lipinski definition) is 0. The van der Waals surface area contributed by atoms with E-state index in [0.29, 0.717) is 17.4 Å². The number of carbonyl (C=O) groups excluding carboxylic acids is 2. The van der Waals surface area contributed by atoms with Gasteiger partial charge in [-0.05, 0) is 89.9 Å². The number of esters is 2. The molecule has 0 rings (SSSR count). The first-order chi connectivity index (χ1) is 47.0. The monoisotopic (exact) mass is 1360 g/mol. The summed E-state index contributed by atoms with van der Waals surface area (Å²) in [4.78, 5) is 38.2. The van der Waals surface area contributed by atoms with Crippen LogP contribution in [0.2, 0.25) is 0 Å². The second kappa shape index (κ2) is 76.1. The smallest absolute Gasteiger partial charge is 0.306 e. The molecule has 0 saturated heterocycles. The van der Waals surface area contributed by atoms with Crippen LogP contribution >= 0.6 is 7.82 Å². The summed E-state index contributed by atoms with van der Waals surface area (Å²) >= 11 is 0. The first-order valence-corrected chi connectivity index (χ1v) is 42.4. The minimum atomic E-state index is -4.65. The lowest BCUT2D eigenvalue weighted by molar-refractivity contribution is -0.870. The predicted molar refractivity (Wildman–Crippen MR) is 416 cm³/mol. The lowest BCUT2D eigenvalue weighted by Crippen LogP contribution is -2.37. The van der Waals surface area contributed by atoms with E-state index in [-0.39, 0.29) is 32.0 Å². The van der Waals surface area contributed by atoms with Crippen LogP contribution in [-0.4, -0.2) is 70.0 Å². The van der Waals surface area contributed by atoms with E-state index in [0.717, 1.165) is 83.5 Å². The Kier molecular flexibility index (Phi) is 73.7. The maximum atomic E-state index is 12.9. The van der Waals surface area contributed by atoms with Gasteiger partial charge in [-0.2, -0.15) is 0 Å². The molecule has 0 amide bonds. The molecule has 0 aromatic heterocycles. The third-order valence-electron chi connectivity index (χ3n) is 18.1. The molecule has 0 aromatic carbocycles. The predicted octanol–water partition coefficient (Wildman–Crippen LogP) is 26.8. The molecular formula is C86H156NO8P. The summed E-state index contributed by atoms with van der Waals surface area (Å²) in [6.45, 7) is 4.08. The van der Waals surface area contributed by atoms with Gasteiger partial charge in [0.2, 0.25) is 0 Å². The van der Waals surface area contributed by atoms with E-state index in [1.54, 1.807) is 0 Å². The fourth-order valence-corrected chi connectivity index (χ4v) is 12.7. The summed E-state index contributed by atoms with van der Waals surface area (Å²) in [5.41, 5.74) is 0. The second-order valence-corrected chi connectivity index (χ2v) is 30.1. The highest BCUT2D eigenvalue weighted by Crippen LogP contribution is 2.38. The average Bonchev–Trinajstić information content (AvgIpc) is 2.72. The molecule has 558 valence electrons. The van der Waals surface area contributed by atoms with Crippen molar-refractivity contribution in [3.8, 4) is 0 Å². The van der Waals surface area contributed by atoms with Crippen molar-refractivity contribution in [2.45, 2.75) is 392 Å². The minimum Gasteiger partial charge on any atom is -0.756 e. The number of nitrogens with zero attached hydrogens (tertiary/aromatic N) is 1. The number of phosphoric ester groups is 1. The van der Waals surface area contributed by atoms with Crippen LogP contribution in [0.1, 0.15) is 386 Å². The first-order valence-electron chi connectivity index (χ1n) is 40.9. The van der Waals surface area contributed by atoms with Gasteiger partial charge in [0, 0.05) is 12.8 Å². The Labute approximate surface area is 595 Å². The van der Waals surface area contributed by atoms with Gasteiger partial charge in [-0.1, -0.05) is 381 Å². The fraction of sp³-hybridized carbons (Fsp3) is 0.791. The number of likely N-dealkylation sites (N-methyl/N-ethyl adjacent to an activating group) is 1. The maximum Gasteiger partial charge on any atom is 0.306 e. The highest BCUT2D eigenvalue weighted by Gasteiger charge is 2.22. The largest absolute Gasteiger partial charge is 0.756 e. The summed E-state index contributed by atoms with van der Waals surface area (Å²) < 4.78 is 34.4. The van der Waals surface area contributed by atoms with Crippen molar-refractivity contribution in [1.29, 1.82) is 0 Å². The Morgan fingerprint density at radius 2 is 0.562 bits per heavy atom. The van der Waals surface area contributed by atoms with Crippen LogP contribution in [0.15, 0.2) is 97.2 Å². The fourth-order valence-electron chi connectivity index (χ4n) is 11.9. The number of allylic oxidation sites excluding steroid dienone is 16. The standard InChI is InChI=1S/C86H156NO8P/c1-6-8-10-12-14-16-18-20-22-24-26-28-30-32-34-36-38-40-42-43-45-47-49-51-53-55-57-59-61-63-65-67-69-71-73-75-77-79-86(89)95-84(83-94-96(90,91)93-81-80-87(3,4)5)82-92-85(88)78-76-74-72-70-68-66-64-62-60-58-56-54-52-50-48-46-44-41-39-37-35-33-31-29-27-25-23-21-19-17-15-13-11-9-7-2/h8-11,14-17,20-23,26-29,84H,6-7,12-13,18-19,24-25,30-83H2,1-5H3/b10-8-,11-9-,16-14-,17-15-,22-20-,23-21-,28-26-,29-27-. The van der Waals surface area contributed by atoms with Gasteiger partial charge in [0.05, 0.1) is 27.7 Å². The summed E-state index contributed by atoms with van der Waals surface area (Å²) in [6.07, 6.45) is 107. The number of rotatable bonds is 76. The van der Waals surface area contributed by atoms with Crippen LogP contribution in [0.3, 0.4) is 0 Å². The van der Waals surface area contributed by atoms with Gasteiger partial charge in [0.1, 0.15) is 19.8 Å². The van der Waals surface area contributed by atoms with Gasteiger partial charge in [0.25, 0.3) is 7.82 Å². The van der Waals surface area contributed by atoms with Crippen molar-refractivity contribution in [3.63, 3.8) is 0 Å². The molecule has 0 aliphatic rings. The zero-order chi connectivity index (χ0) is 69.7. The molecule has 0 radical (unpaired) electrons. The number of unbranched alkanes of at least 4 members (excludes halogenated alkanes) is 46. The van der Waals surface area contributed by atoms with Crippen molar-refractivity contribution < 1.29 is 42.1 Å². The van der Waals surface area contributed by atoms with E-state index in [2.05, 4.69) is 111 Å². The Morgan fingerprint density at radius 1 is 0.323 bits per heavy atom. The van der Waals surface area contributed by atoms with Crippen molar-refractivity contribution in [1.82, 2.24) is 0 Å². The van der Waals surface area contributed by atoms with E-state index >= 15 is 0 Å². The van der Waals surface area contributed by atoms with Crippen molar-refractivity contribution in [3.05, 3.63) is 97.2 Å². The van der Waals surface area contributed by atoms with E-state index in [1.807, 2.05) is 21.1 Å². The molecule has 0 heterocycles. The Morgan fingerprint density at radius 3 is 0.833 bits per heavy atom. The van der Waals surface area contributed by atoms with Crippen LogP contribution in [0.25, 0.3) is 0 Å². The third kappa shape index (κ3) is 79.9. The summed E-state index contributed by atoms with van der Waals surface area (Å²) in [5.74, 6) is -0.812. The van der Waals surface area contributed by atoms with E-state index in [1.165, 1.54) is 270 Å². The van der Waals surface area contributed by atoms with Crippen LogP contribution in [-0.2, 0) is 32.7 Å². The second-order valence-electron chi connectivity index (χ2n) is 28.7. The zero-order valence-electron chi connectivity index (χ0n) is 63.8. The van der Waals surface area contributed by atoms with Crippen molar-refractivity contribution in [2.24, 2.45) is 0 Å². The van der Waals surface area contributed by atoms with Crippen molar-refractivity contribution >= 4 is 19.8 Å². The number of phosphoric acid groups is 1. The molecule has 0 aliphatic carbocycles. The van der Waals surface area contributed by atoms with Gasteiger partial charge in [-0.15, -0.1) is 0 Å². The summed E-state index contributed by atoms with van der Waals surface area (Å²) in [5, 5.41) is 0. The molecule has 2 atom stereocenters. The summed E-state index contributed by atoms with van der Waals surface area (Å²) in [7, 11) is 1.18. The van der Waals surface area contributed by atoms with Gasteiger partial charge in [-0.25, -0.2) is 0 Å². The number of hydrogen-bond acceptors (Lipinski definition) is 8. The van der Waals surface area contributed by atoms with Crippen LogP contribution < -0.4 is 4.89 Å². The molecule has 0 aliphatic heterocycles. The maximum absolute atomic E-state index is 12.9. The third-order valence-corrected chi connectivity index (χ3v) is 19.1. The minimum absolute atomic E-state index is 0.0298. The Bertz CT molecular complexity index is 1940. The van der Waals surface area contributed by atoms with Gasteiger partial charge < -0.3 is 27.9 Å². The average molecular weight is 1360 g/mol.